The van der Waals surface area contributed by atoms with E-state index in [0.29, 0.717) is 49.1 Å². The molecule has 0 saturated carbocycles. The number of aromatic nitrogens is 2. The van der Waals surface area contributed by atoms with Gasteiger partial charge >= 0.3 is 0 Å². The van der Waals surface area contributed by atoms with Gasteiger partial charge in [-0.15, -0.1) is 0 Å². The lowest BCUT2D eigenvalue weighted by Crippen LogP contribution is -2.49. The van der Waals surface area contributed by atoms with E-state index in [9.17, 15) is 9.59 Å². The molecule has 1 aromatic heterocycles. The molecule has 0 spiro atoms. The quantitative estimate of drug-likeness (QED) is 0.881. The van der Waals surface area contributed by atoms with Crippen molar-refractivity contribution in [2.45, 2.75) is 0 Å². The minimum Gasteiger partial charge on any atom is -0.493 e. The minimum atomic E-state index is -0.190. The number of para-hydroxylation sites is 1. The smallest absolute Gasteiger partial charge is 0.257 e. The van der Waals surface area contributed by atoms with Crippen LogP contribution in [-0.2, 0) is 0 Å². The number of carbonyl (C=O) groups excluding carboxylic acids is 1. The third kappa shape index (κ3) is 3.42. The Morgan fingerprint density at radius 3 is 2.56 bits per heavy atom. The van der Waals surface area contributed by atoms with E-state index < -0.39 is 0 Å². The van der Waals surface area contributed by atoms with Crippen LogP contribution in [0.3, 0.4) is 0 Å². The van der Waals surface area contributed by atoms with E-state index in [0.717, 1.165) is 0 Å². The first-order valence-electron chi connectivity index (χ1n) is 7.94. The van der Waals surface area contributed by atoms with Gasteiger partial charge in [0.05, 0.1) is 26.1 Å². The van der Waals surface area contributed by atoms with Crippen LogP contribution >= 0.6 is 0 Å². The van der Waals surface area contributed by atoms with Crippen LogP contribution in [-0.4, -0.2) is 61.2 Å². The number of hydrogen-bond acceptors (Lipinski definition) is 6. The number of rotatable bonds is 4. The monoisotopic (exact) mass is 344 g/mol. The molecule has 1 fully saturated rings. The number of amides is 1. The van der Waals surface area contributed by atoms with Crippen molar-refractivity contribution in [1.82, 2.24) is 14.9 Å². The number of methoxy groups -OCH3 is 2. The summed E-state index contributed by atoms with van der Waals surface area (Å²) in [7, 11) is 3.06. The van der Waals surface area contributed by atoms with Crippen LogP contribution in [0.5, 0.6) is 11.5 Å². The summed E-state index contributed by atoms with van der Waals surface area (Å²) in [6.07, 6.45) is 1.39. The highest BCUT2D eigenvalue weighted by Gasteiger charge is 2.26. The molecule has 0 unspecified atom stereocenters. The van der Waals surface area contributed by atoms with Crippen molar-refractivity contribution in [3.8, 4) is 11.5 Å². The average molecular weight is 344 g/mol. The van der Waals surface area contributed by atoms with Crippen molar-refractivity contribution in [2.75, 3.05) is 45.3 Å². The van der Waals surface area contributed by atoms with Gasteiger partial charge in [-0.1, -0.05) is 6.07 Å². The first kappa shape index (κ1) is 16.8. The molecular formula is C17H20N4O4. The molecule has 25 heavy (non-hydrogen) atoms. The fourth-order valence-corrected chi connectivity index (χ4v) is 2.90. The summed E-state index contributed by atoms with van der Waals surface area (Å²) in [6.45, 7) is 2.28. The van der Waals surface area contributed by atoms with Crippen LogP contribution in [0.2, 0.25) is 0 Å². The van der Waals surface area contributed by atoms with Crippen molar-refractivity contribution in [1.29, 1.82) is 0 Å². The first-order valence-corrected chi connectivity index (χ1v) is 7.94. The Labute approximate surface area is 145 Å². The lowest BCUT2D eigenvalue weighted by molar-refractivity contribution is 0.0742. The zero-order valence-electron chi connectivity index (χ0n) is 14.2. The number of H-pyrrole nitrogens is 1. The van der Waals surface area contributed by atoms with Gasteiger partial charge in [-0.25, -0.2) is 4.98 Å². The van der Waals surface area contributed by atoms with Crippen molar-refractivity contribution in [3.63, 3.8) is 0 Å². The molecule has 1 saturated heterocycles. The van der Waals surface area contributed by atoms with Crippen LogP contribution in [0.4, 0.5) is 5.82 Å². The highest BCUT2D eigenvalue weighted by atomic mass is 16.5. The van der Waals surface area contributed by atoms with Gasteiger partial charge in [-0.2, -0.15) is 0 Å². The molecule has 1 N–H and O–H groups in total. The highest BCUT2D eigenvalue weighted by Crippen LogP contribution is 2.31. The van der Waals surface area contributed by atoms with Crippen molar-refractivity contribution in [2.24, 2.45) is 0 Å². The van der Waals surface area contributed by atoms with Crippen LogP contribution in [0.15, 0.2) is 35.4 Å². The second-order valence-electron chi connectivity index (χ2n) is 5.59. The number of benzene rings is 1. The zero-order chi connectivity index (χ0) is 17.8. The molecule has 132 valence electrons. The molecule has 1 aliphatic heterocycles. The van der Waals surface area contributed by atoms with Crippen LogP contribution < -0.4 is 19.9 Å². The summed E-state index contributed by atoms with van der Waals surface area (Å²) in [5.41, 5.74) is 0.286. The summed E-state index contributed by atoms with van der Waals surface area (Å²) in [6, 6.07) is 6.72. The van der Waals surface area contributed by atoms with Crippen molar-refractivity contribution in [3.05, 3.63) is 46.5 Å². The maximum Gasteiger partial charge on any atom is 0.257 e. The van der Waals surface area contributed by atoms with Crippen molar-refractivity contribution >= 4 is 11.7 Å². The summed E-state index contributed by atoms with van der Waals surface area (Å²) in [4.78, 5) is 34.7. The molecule has 8 heteroatoms. The van der Waals surface area contributed by atoms with Crippen LogP contribution in [0, 0.1) is 0 Å². The van der Waals surface area contributed by atoms with Gasteiger partial charge in [-0.3, -0.25) is 9.59 Å². The minimum absolute atomic E-state index is 0.103. The third-order valence-electron chi connectivity index (χ3n) is 4.19. The first-order chi connectivity index (χ1) is 12.1. The molecule has 2 heterocycles. The largest absolute Gasteiger partial charge is 0.493 e. The molecule has 8 nitrogen and oxygen atoms in total. The maximum absolute atomic E-state index is 12.8. The van der Waals surface area contributed by atoms with Crippen LogP contribution in [0.25, 0.3) is 0 Å². The number of ether oxygens (including phenoxy) is 2. The van der Waals surface area contributed by atoms with E-state index in [-0.39, 0.29) is 11.5 Å². The Balaban J connectivity index is 1.73. The summed E-state index contributed by atoms with van der Waals surface area (Å²) < 4.78 is 10.6. The van der Waals surface area contributed by atoms with Gasteiger partial charge in [-0.05, 0) is 12.1 Å². The number of carbonyl (C=O) groups is 1. The van der Waals surface area contributed by atoms with E-state index in [2.05, 4.69) is 9.97 Å². The zero-order valence-corrected chi connectivity index (χ0v) is 14.2. The highest BCUT2D eigenvalue weighted by molar-refractivity contribution is 5.98. The van der Waals surface area contributed by atoms with Gasteiger partial charge in [0.25, 0.3) is 11.5 Å². The number of aromatic amines is 1. The Hall–Kier alpha value is -3.03. The fourth-order valence-electron chi connectivity index (χ4n) is 2.90. The lowest BCUT2D eigenvalue weighted by atomic mass is 10.1. The normalized spacial score (nSPS) is 14.3. The summed E-state index contributed by atoms with van der Waals surface area (Å²) >= 11 is 0. The molecule has 0 radical (unpaired) electrons. The molecule has 1 aromatic carbocycles. The molecule has 1 aliphatic rings. The molecule has 2 aromatic rings. The van der Waals surface area contributed by atoms with Gasteiger partial charge in [0.1, 0.15) is 5.82 Å². The van der Waals surface area contributed by atoms with Gasteiger partial charge in [0.2, 0.25) is 0 Å². The predicted octanol–water partition coefficient (Wildman–Crippen LogP) is 0.749. The predicted molar refractivity (Wildman–Crippen MR) is 92.5 cm³/mol. The molecule has 1 amide bonds. The van der Waals surface area contributed by atoms with Gasteiger partial charge in [0.15, 0.2) is 11.5 Å². The summed E-state index contributed by atoms with van der Waals surface area (Å²) in [5, 5.41) is 0. The molecule has 0 atom stereocenters. The second kappa shape index (κ2) is 7.25. The Kier molecular flexibility index (Phi) is 4.87. The van der Waals surface area contributed by atoms with E-state index in [4.69, 9.17) is 9.47 Å². The standard InChI is InChI=1S/C17H20N4O4/c1-24-13-5-3-4-12(16(13)25-2)17(23)21-8-6-20(7-9-21)14-10-15(22)19-11-18-14/h3-5,10-11H,6-9H2,1-2H3,(H,18,19,22). The van der Waals surface area contributed by atoms with E-state index >= 15 is 0 Å². The lowest BCUT2D eigenvalue weighted by Gasteiger charge is -2.35. The Morgan fingerprint density at radius 1 is 1.16 bits per heavy atom. The van der Waals surface area contributed by atoms with Gasteiger partial charge in [0, 0.05) is 32.2 Å². The van der Waals surface area contributed by atoms with Crippen LogP contribution in [0.1, 0.15) is 10.4 Å². The number of hydrogen-bond donors (Lipinski definition) is 1. The van der Waals surface area contributed by atoms with E-state index in [1.165, 1.54) is 19.5 Å². The van der Waals surface area contributed by atoms with Gasteiger partial charge < -0.3 is 24.3 Å². The average Bonchev–Trinajstić information content (AvgIpc) is 2.66. The second-order valence-corrected chi connectivity index (χ2v) is 5.59. The third-order valence-corrected chi connectivity index (χ3v) is 4.19. The summed E-state index contributed by atoms with van der Waals surface area (Å²) in [5.74, 6) is 1.48. The van der Waals surface area contributed by atoms with E-state index in [1.807, 2.05) is 4.90 Å². The molecule has 3 rings (SSSR count). The SMILES string of the molecule is COc1cccc(C(=O)N2CCN(c3cc(=O)[nH]cn3)CC2)c1OC. The Bertz CT molecular complexity index is 812. The topological polar surface area (TPSA) is 87.8 Å². The fraction of sp³-hybridized carbons (Fsp3) is 0.353. The number of piperazine rings is 1. The molecule has 0 bridgehead atoms. The Morgan fingerprint density at radius 2 is 1.92 bits per heavy atom. The van der Waals surface area contributed by atoms with E-state index in [1.54, 1.807) is 30.2 Å². The van der Waals surface area contributed by atoms with Crippen molar-refractivity contribution < 1.29 is 14.3 Å². The maximum atomic E-state index is 12.8. The molecular weight excluding hydrogens is 324 g/mol. The molecule has 0 aliphatic carbocycles. The number of nitrogens with zero attached hydrogens (tertiary/aromatic N) is 3. The number of nitrogens with one attached hydrogen (secondary N) is 1. The number of anilines is 1.